The summed E-state index contributed by atoms with van der Waals surface area (Å²) in [5.74, 6) is 0.0319. The molecule has 0 aromatic heterocycles. The van der Waals surface area contributed by atoms with Crippen LogP contribution in [0.15, 0.2) is 12.2 Å². The van der Waals surface area contributed by atoms with Crippen LogP contribution in [0, 0.1) is 5.92 Å². The Morgan fingerprint density at radius 2 is 2.03 bits per heavy atom. The van der Waals surface area contributed by atoms with E-state index in [0.29, 0.717) is 25.9 Å². The van der Waals surface area contributed by atoms with Crippen molar-refractivity contribution in [3.63, 3.8) is 0 Å². The molecule has 0 aromatic carbocycles. The summed E-state index contributed by atoms with van der Waals surface area (Å²) >= 11 is 0. The van der Waals surface area contributed by atoms with Gasteiger partial charge >= 0.3 is 0 Å². The fourth-order valence-electron chi connectivity index (χ4n) is 3.45. The van der Waals surface area contributed by atoms with Crippen LogP contribution in [0.2, 0.25) is 0 Å². The van der Waals surface area contributed by atoms with Crippen LogP contribution in [0.3, 0.4) is 0 Å². The first kappa shape index (κ1) is 26.4. The Hall–Kier alpha value is -0.610. The summed E-state index contributed by atoms with van der Waals surface area (Å²) < 4.78 is 18.6. The first-order valence-electron chi connectivity index (χ1n) is 11.1. The lowest BCUT2D eigenvalue weighted by atomic mass is 9.99. The minimum atomic E-state index is -0.776. The number of aliphatic hydroxyl groups excluding tert-OH is 1. The summed E-state index contributed by atoms with van der Waals surface area (Å²) in [6.45, 7) is 13.4. The molecule has 0 amide bonds. The number of rotatable bonds is 16. The van der Waals surface area contributed by atoms with Crippen LogP contribution in [-0.4, -0.2) is 69.4 Å². The van der Waals surface area contributed by atoms with Crippen LogP contribution in [0.5, 0.6) is 0 Å². The summed E-state index contributed by atoms with van der Waals surface area (Å²) in [6.07, 6.45) is 2.00. The molecule has 172 valence electrons. The molecular formula is C21H44FN5O2. The summed E-state index contributed by atoms with van der Waals surface area (Å²) in [6, 6.07) is 0.105. The van der Waals surface area contributed by atoms with Crippen molar-refractivity contribution in [1.29, 1.82) is 0 Å². The van der Waals surface area contributed by atoms with Gasteiger partial charge in [-0.1, -0.05) is 26.0 Å². The zero-order chi connectivity index (χ0) is 21.6. The zero-order valence-corrected chi connectivity index (χ0v) is 18.8. The maximum Gasteiger partial charge on any atom is 0.157 e. The monoisotopic (exact) mass is 417 g/mol. The van der Waals surface area contributed by atoms with Crippen molar-refractivity contribution in [2.75, 3.05) is 33.4 Å². The van der Waals surface area contributed by atoms with Crippen molar-refractivity contribution in [2.45, 2.75) is 83.7 Å². The summed E-state index contributed by atoms with van der Waals surface area (Å²) in [7, 11) is 1.53. The first-order chi connectivity index (χ1) is 13.9. The second kappa shape index (κ2) is 15.2. The minimum Gasteiger partial charge on any atom is -0.368 e. The summed E-state index contributed by atoms with van der Waals surface area (Å²) in [5.41, 5.74) is 1.02. The third-order valence-corrected chi connectivity index (χ3v) is 5.74. The number of methoxy groups -OCH3 is 1. The van der Waals surface area contributed by atoms with E-state index in [-0.39, 0.29) is 24.3 Å². The van der Waals surface area contributed by atoms with E-state index in [1.165, 1.54) is 7.11 Å². The molecule has 7 nitrogen and oxygen atoms in total. The average Bonchev–Trinajstić information content (AvgIpc) is 2.75. The molecule has 0 aliphatic carbocycles. The van der Waals surface area contributed by atoms with Crippen molar-refractivity contribution in [1.82, 2.24) is 26.6 Å². The van der Waals surface area contributed by atoms with Crippen molar-refractivity contribution in [3.05, 3.63) is 12.2 Å². The predicted octanol–water partition coefficient (Wildman–Crippen LogP) is 1.41. The lowest BCUT2D eigenvalue weighted by molar-refractivity contribution is -0.117. The van der Waals surface area contributed by atoms with E-state index in [2.05, 4.69) is 47.0 Å². The molecule has 6 N–H and O–H groups in total. The van der Waals surface area contributed by atoms with Gasteiger partial charge < -0.3 is 15.2 Å². The molecule has 1 fully saturated rings. The molecule has 4 unspecified atom stereocenters. The van der Waals surface area contributed by atoms with Crippen molar-refractivity contribution in [2.24, 2.45) is 5.92 Å². The fraction of sp³-hybridized carbons (Fsp3) is 0.905. The molecule has 29 heavy (non-hydrogen) atoms. The largest absolute Gasteiger partial charge is 0.368 e. The Morgan fingerprint density at radius 1 is 1.28 bits per heavy atom. The molecule has 6 atom stereocenters. The van der Waals surface area contributed by atoms with E-state index < -0.39 is 12.5 Å². The number of ether oxygens (including phenoxy) is 1. The number of piperazine rings is 1. The van der Waals surface area contributed by atoms with Gasteiger partial charge in [-0.05, 0) is 39.0 Å². The van der Waals surface area contributed by atoms with E-state index in [1.807, 2.05) is 6.92 Å². The van der Waals surface area contributed by atoms with Crippen LogP contribution in [0.4, 0.5) is 4.39 Å². The Labute approximate surface area is 176 Å². The molecular weight excluding hydrogens is 373 g/mol. The molecule has 0 spiro atoms. The smallest absolute Gasteiger partial charge is 0.157 e. The van der Waals surface area contributed by atoms with Crippen LogP contribution >= 0.6 is 0 Å². The molecule has 8 heteroatoms. The van der Waals surface area contributed by atoms with Gasteiger partial charge in [-0.25, -0.2) is 4.39 Å². The number of hydrogen-bond acceptors (Lipinski definition) is 7. The van der Waals surface area contributed by atoms with E-state index in [0.717, 1.165) is 38.0 Å². The van der Waals surface area contributed by atoms with Gasteiger partial charge in [-0.3, -0.25) is 21.3 Å². The summed E-state index contributed by atoms with van der Waals surface area (Å²) in [4.78, 5) is 0. The van der Waals surface area contributed by atoms with Gasteiger partial charge in [0.05, 0.1) is 12.3 Å². The Morgan fingerprint density at radius 3 is 2.62 bits per heavy atom. The lowest BCUT2D eigenvalue weighted by Gasteiger charge is -2.33. The lowest BCUT2D eigenvalue weighted by Crippen LogP contribution is -2.61. The number of halogens is 1. The van der Waals surface area contributed by atoms with Crippen LogP contribution in [0.1, 0.15) is 52.9 Å². The van der Waals surface area contributed by atoms with Gasteiger partial charge in [0.15, 0.2) is 6.29 Å². The molecule has 0 radical (unpaired) electrons. The molecule has 0 saturated carbocycles. The highest BCUT2D eigenvalue weighted by Crippen LogP contribution is 2.16. The van der Waals surface area contributed by atoms with Gasteiger partial charge in [-0.15, -0.1) is 0 Å². The maximum atomic E-state index is 13.5. The Balaban J connectivity index is 2.51. The number of nitrogens with one attached hydrogen (secondary N) is 5. The van der Waals surface area contributed by atoms with E-state index in [4.69, 9.17) is 4.74 Å². The Kier molecular flexibility index (Phi) is 13.9. The second-order valence-corrected chi connectivity index (χ2v) is 7.97. The second-order valence-electron chi connectivity index (χ2n) is 7.97. The average molecular weight is 418 g/mol. The number of aliphatic hydroxyl groups is 1. The van der Waals surface area contributed by atoms with Crippen molar-refractivity contribution < 1.29 is 14.2 Å². The SMILES string of the molecule is C=C(CC[C@H](F)CC)[C@H](C)NCNC(CC(CC)C(O)OC)NC1CNCCN1. The highest BCUT2D eigenvalue weighted by Gasteiger charge is 2.24. The quantitative estimate of drug-likeness (QED) is 0.167. The first-order valence-corrected chi connectivity index (χ1v) is 11.1. The molecule has 0 aromatic rings. The van der Waals surface area contributed by atoms with Gasteiger partial charge in [0, 0.05) is 45.4 Å². The molecule has 1 aliphatic heterocycles. The van der Waals surface area contributed by atoms with Gasteiger partial charge in [0.25, 0.3) is 0 Å². The van der Waals surface area contributed by atoms with Crippen molar-refractivity contribution >= 4 is 0 Å². The van der Waals surface area contributed by atoms with Gasteiger partial charge in [0.2, 0.25) is 0 Å². The zero-order valence-electron chi connectivity index (χ0n) is 18.8. The molecule has 0 bridgehead atoms. The topological polar surface area (TPSA) is 89.6 Å². The van der Waals surface area contributed by atoms with E-state index >= 15 is 0 Å². The molecule has 1 heterocycles. The third kappa shape index (κ3) is 10.8. The van der Waals surface area contributed by atoms with Crippen LogP contribution < -0.4 is 26.6 Å². The standard InChI is InChI=1S/C21H44FN5O2/c1-6-17(21(28)29-5)12-19(27-20-13-23-10-11-24-20)26-14-25-16(4)15(3)8-9-18(22)7-2/h16-21,23-28H,3,6-14H2,1-2,4-5H3/t16-,17?,18+,19?,20?,21?/m0/s1. The molecule has 1 aliphatic rings. The molecule has 1 saturated heterocycles. The highest BCUT2D eigenvalue weighted by molar-refractivity contribution is 5.03. The van der Waals surface area contributed by atoms with Gasteiger partial charge in [0.1, 0.15) is 6.17 Å². The van der Waals surface area contributed by atoms with E-state index in [9.17, 15) is 9.50 Å². The minimum absolute atomic E-state index is 0.00503. The van der Waals surface area contributed by atoms with Crippen LogP contribution in [0.25, 0.3) is 0 Å². The highest BCUT2D eigenvalue weighted by atomic mass is 19.1. The Bertz CT molecular complexity index is 437. The summed E-state index contributed by atoms with van der Waals surface area (Å²) in [5, 5.41) is 27.5. The number of hydrogen-bond donors (Lipinski definition) is 6. The molecule has 1 rings (SSSR count). The third-order valence-electron chi connectivity index (χ3n) is 5.74. The maximum absolute atomic E-state index is 13.5. The van der Waals surface area contributed by atoms with E-state index in [1.54, 1.807) is 0 Å². The van der Waals surface area contributed by atoms with Crippen molar-refractivity contribution in [3.8, 4) is 0 Å². The van der Waals surface area contributed by atoms with Gasteiger partial charge in [-0.2, -0.15) is 0 Å². The fourth-order valence-corrected chi connectivity index (χ4v) is 3.45. The van der Waals surface area contributed by atoms with Crippen LogP contribution in [-0.2, 0) is 4.74 Å². The predicted molar refractivity (Wildman–Crippen MR) is 117 cm³/mol. The normalized spacial score (nSPS) is 22.6. The number of alkyl halides is 1.